The van der Waals surface area contributed by atoms with Gasteiger partial charge in [0.05, 0.1) is 24.4 Å². The summed E-state index contributed by atoms with van der Waals surface area (Å²) in [6, 6.07) is 1.78. The fourth-order valence-corrected chi connectivity index (χ4v) is 5.45. The average Bonchev–Trinajstić information content (AvgIpc) is 3.50. The molecule has 33 heavy (non-hydrogen) atoms. The van der Waals surface area contributed by atoms with Gasteiger partial charge < -0.3 is 15.3 Å². The molecular weight excluding hydrogens is 421 g/mol. The monoisotopic (exact) mass is 453 g/mol. The van der Waals surface area contributed by atoms with Gasteiger partial charge in [0.2, 0.25) is 0 Å². The van der Waals surface area contributed by atoms with Crippen LogP contribution in [0.25, 0.3) is 5.65 Å². The topological polar surface area (TPSA) is 82.8 Å². The van der Waals surface area contributed by atoms with E-state index in [1.807, 2.05) is 12.3 Å². The number of aromatic nitrogens is 3. The van der Waals surface area contributed by atoms with Crippen molar-refractivity contribution in [1.82, 2.24) is 19.9 Å². The molecule has 1 amide bonds. The Hall–Kier alpha value is -2.74. The van der Waals surface area contributed by atoms with E-state index in [1.165, 1.54) is 6.20 Å². The van der Waals surface area contributed by atoms with Crippen LogP contribution in [-0.2, 0) is 0 Å². The first kappa shape index (κ1) is 22.1. The molecule has 2 aromatic rings. The normalized spacial score (nSPS) is 30.3. The number of rotatable bonds is 4. The molecule has 0 bridgehead atoms. The molecule has 0 spiro atoms. The summed E-state index contributed by atoms with van der Waals surface area (Å²) in [6.45, 7) is 5.08. The third kappa shape index (κ3) is 4.28. The minimum absolute atomic E-state index is 0.0979. The number of allylic oxidation sites excluding steroid dienone is 3. The van der Waals surface area contributed by atoms with Gasteiger partial charge in [-0.15, -0.1) is 0 Å². The molecule has 1 aliphatic heterocycles. The quantitative estimate of drug-likeness (QED) is 0.736. The first-order valence-corrected chi connectivity index (χ1v) is 12.1. The van der Waals surface area contributed by atoms with E-state index in [4.69, 9.17) is 4.98 Å². The van der Waals surface area contributed by atoms with Crippen molar-refractivity contribution in [2.45, 2.75) is 70.6 Å². The first-order chi connectivity index (χ1) is 15.9. The van der Waals surface area contributed by atoms with Crippen molar-refractivity contribution in [3.63, 3.8) is 0 Å². The lowest BCUT2D eigenvalue weighted by atomic mass is 9.88. The van der Waals surface area contributed by atoms with Gasteiger partial charge in [0.1, 0.15) is 17.2 Å². The molecule has 176 valence electrons. The Labute approximate surface area is 193 Å². The van der Waals surface area contributed by atoms with Crippen LogP contribution in [0.3, 0.4) is 0 Å². The van der Waals surface area contributed by atoms with Crippen LogP contribution in [0.15, 0.2) is 42.0 Å². The molecule has 3 heterocycles. The van der Waals surface area contributed by atoms with Crippen LogP contribution in [0.5, 0.6) is 0 Å². The first-order valence-electron chi connectivity index (χ1n) is 12.1. The number of nitrogens with one attached hydrogen (secondary N) is 1. The van der Waals surface area contributed by atoms with Gasteiger partial charge in [-0.2, -0.15) is 5.10 Å². The van der Waals surface area contributed by atoms with Crippen LogP contribution < -0.4 is 10.2 Å². The standard InChI is InChI=1S/C25H32FN5O2/c1-15-11-17(13-18(26)12-16(15)2)21-6-4-9-30(21)23-8-10-31-24(29-23)19(14-27-31)25(33)28-20-5-3-7-22(20)32/h8,10,12-16,20-22,32H,3-7,9,11H2,1-2H3,(H,28,33). The van der Waals surface area contributed by atoms with Crippen molar-refractivity contribution in [3.05, 3.63) is 47.6 Å². The Morgan fingerprint density at radius 2 is 2.09 bits per heavy atom. The molecule has 5 unspecified atom stereocenters. The van der Waals surface area contributed by atoms with Crippen molar-refractivity contribution in [2.24, 2.45) is 11.8 Å². The van der Waals surface area contributed by atoms with Crippen molar-refractivity contribution in [2.75, 3.05) is 11.4 Å². The molecule has 7 nitrogen and oxygen atoms in total. The van der Waals surface area contributed by atoms with E-state index >= 15 is 0 Å². The van der Waals surface area contributed by atoms with Crippen LogP contribution in [0.1, 0.15) is 62.7 Å². The molecule has 5 atom stereocenters. The lowest BCUT2D eigenvalue weighted by Gasteiger charge is -2.29. The molecule has 3 aliphatic rings. The molecule has 2 fully saturated rings. The van der Waals surface area contributed by atoms with Gasteiger partial charge >= 0.3 is 0 Å². The van der Waals surface area contributed by atoms with E-state index in [9.17, 15) is 14.3 Å². The second kappa shape index (κ2) is 8.89. The molecule has 0 radical (unpaired) electrons. The maximum absolute atomic E-state index is 14.5. The second-order valence-corrected chi connectivity index (χ2v) is 9.85. The van der Waals surface area contributed by atoms with Crippen molar-refractivity contribution in [1.29, 1.82) is 0 Å². The summed E-state index contributed by atoms with van der Waals surface area (Å²) in [5.41, 5.74) is 2.00. The molecule has 1 saturated carbocycles. The lowest BCUT2D eigenvalue weighted by molar-refractivity contribution is 0.0874. The van der Waals surface area contributed by atoms with Crippen LogP contribution in [-0.4, -0.2) is 50.3 Å². The highest BCUT2D eigenvalue weighted by molar-refractivity contribution is 6.00. The summed E-state index contributed by atoms with van der Waals surface area (Å²) >= 11 is 0. The predicted molar refractivity (Wildman–Crippen MR) is 125 cm³/mol. The van der Waals surface area contributed by atoms with Gasteiger partial charge in [-0.25, -0.2) is 13.9 Å². The molecule has 2 N–H and O–H groups in total. The van der Waals surface area contributed by atoms with E-state index in [1.54, 1.807) is 16.7 Å². The molecular formula is C25H32FN5O2. The van der Waals surface area contributed by atoms with E-state index in [-0.39, 0.29) is 29.7 Å². The highest BCUT2D eigenvalue weighted by atomic mass is 19.1. The zero-order chi connectivity index (χ0) is 23.1. The summed E-state index contributed by atoms with van der Waals surface area (Å²) < 4.78 is 16.1. The fourth-order valence-electron chi connectivity index (χ4n) is 5.45. The number of anilines is 1. The van der Waals surface area contributed by atoms with Gasteiger partial charge in [-0.3, -0.25) is 4.79 Å². The summed E-state index contributed by atoms with van der Waals surface area (Å²) in [5, 5.41) is 17.3. The molecule has 0 aromatic carbocycles. The van der Waals surface area contributed by atoms with Gasteiger partial charge in [0, 0.05) is 12.7 Å². The number of nitrogens with zero attached hydrogens (tertiary/aromatic N) is 4. The minimum Gasteiger partial charge on any atom is -0.391 e. The smallest absolute Gasteiger partial charge is 0.257 e. The van der Waals surface area contributed by atoms with Gasteiger partial charge in [0.15, 0.2) is 5.65 Å². The van der Waals surface area contributed by atoms with Crippen LogP contribution in [0.2, 0.25) is 0 Å². The number of halogens is 1. The van der Waals surface area contributed by atoms with E-state index in [0.29, 0.717) is 23.5 Å². The highest BCUT2D eigenvalue weighted by Gasteiger charge is 2.32. The Kier molecular flexibility index (Phi) is 5.95. The van der Waals surface area contributed by atoms with Gasteiger partial charge in [0.25, 0.3) is 5.91 Å². The minimum atomic E-state index is -0.503. The predicted octanol–water partition coefficient (Wildman–Crippen LogP) is 3.80. The average molecular weight is 454 g/mol. The number of aliphatic hydroxyl groups excluding tert-OH is 1. The van der Waals surface area contributed by atoms with E-state index in [2.05, 4.69) is 29.2 Å². The lowest BCUT2D eigenvalue weighted by Crippen LogP contribution is -2.39. The Morgan fingerprint density at radius 3 is 2.88 bits per heavy atom. The van der Waals surface area contributed by atoms with Crippen molar-refractivity contribution >= 4 is 17.4 Å². The number of carbonyl (C=O) groups is 1. The van der Waals surface area contributed by atoms with E-state index < -0.39 is 6.10 Å². The summed E-state index contributed by atoms with van der Waals surface area (Å²) in [6.07, 6.45) is 11.5. The van der Waals surface area contributed by atoms with Gasteiger partial charge in [-0.1, -0.05) is 13.8 Å². The number of hydrogen-bond donors (Lipinski definition) is 2. The SMILES string of the molecule is CC1C=C(F)C=C(C2CCCN2c2ccn3ncc(C(=O)NC4CCCC4O)c3n2)CC1C. The van der Waals surface area contributed by atoms with Crippen molar-refractivity contribution in [3.8, 4) is 0 Å². The number of hydrogen-bond acceptors (Lipinski definition) is 5. The maximum atomic E-state index is 14.5. The Bertz CT molecular complexity index is 1110. The Balaban J connectivity index is 1.42. The Morgan fingerprint density at radius 1 is 1.24 bits per heavy atom. The molecule has 1 saturated heterocycles. The molecule has 2 aliphatic carbocycles. The van der Waals surface area contributed by atoms with Crippen molar-refractivity contribution < 1.29 is 14.3 Å². The largest absolute Gasteiger partial charge is 0.391 e. The second-order valence-electron chi connectivity index (χ2n) is 9.85. The molecule has 2 aromatic heterocycles. The van der Waals surface area contributed by atoms with E-state index in [0.717, 1.165) is 50.0 Å². The van der Waals surface area contributed by atoms with Crippen LogP contribution >= 0.6 is 0 Å². The number of fused-ring (bicyclic) bond motifs is 1. The zero-order valence-corrected chi connectivity index (χ0v) is 19.2. The summed E-state index contributed by atoms with van der Waals surface area (Å²) in [7, 11) is 0. The third-order valence-electron chi connectivity index (χ3n) is 7.57. The molecule has 5 rings (SSSR count). The fraction of sp³-hybridized carbons (Fsp3) is 0.560. The number of amides is 1. The van der Waals surface area contributed by atoms with Gasteiger partial charge in [-0.05, 0) is 74.2 Å². The van der Waals surface area contributed by atoms with Crippen LogP contribution in [0.4, 0.5) is 10.2 Å². The summed E-state index contributed by atoms with van der Waals surface area (Å²) in [5.74, 6) is 0.935. The number of carbonyl (C=O) groups excluding carboxylic acids is 1. The summed E-state index contributed by atoms with van der Waals surface area (Å²) in [4.78, 5) is 20.0. The maximum Gasteiger partial charge on any atom is 0.257 e. The van der Waals surface area contributed by atoms with Crippen LogP contribution in [0, 0.1) is 11.8 Å². The molecule has 8 heteroatoms. The third-order valence-corrected chi connectivity index (χ3v) is 7.57. The highest BCUT2D eigenvalue weighted by Crippen LogP contribution is 2.36. The zero-order valence-electron chi connectivity index (χ0n) is 19.2. The number of aliphatic hydroxyl groups is 1.